The van der Waals surface area contributed by atoms with Gasteiger partial charge in [0, 0.05) is 34.7 Å². The Morgan fingerprint density at radius 1 is 1.06 bits per heavy atom. The average molecular weight is 548 g/mol. The molecule has 1 aliphatic heterocycles. The number of nitrogens with zero attached hydrogens (tertiary/aromatic N) is 2. The normalized spacial score (nSPS) is 17.9. The summed E-state index contributed by atoms with van der Waals surface area (Å²) in [6.07, 6.45) is -1.29. The zero-order chi connectivity index (χ0) is 24.1. The molecule has 3 aromatic rings. The van der Waals surface area contributed by atoms with Crippen molar-refractivity contribution in [2.24, 2.45) is 0 Å². The molecule has 5 nitrogen and oxygen atoms in total. The van der Waals surface area contributed by atoms with E-state index in [1.54, 1.807) is 18.2 Å². The van der Waals surface area contributed by atoms with Crippen molar-refractivity contribution in [2.45, 2.75) is 31.8 Å². The summed E-state index contributed by atoms with van der Waals surface area (Å²) in [4.78, 5) is 16.2. The molecule has 1 N–H and O–H groups in total. The fourth-order valence-electron chi connectivity index (χ4n) is 4.12. The Balaban J connectivity index is 1.49. The number of carbonyl (C=O) groups is 1. The fraction of sp³-hybridized carbons (Fsp3) is 0.269. The highest BCUT2D eigenvalue weighted by Crippen LogP contribution is 2.25. The fourth-order valence-corrected chi connectivity index (χ4v) is 4.66. The van der Waals surface area contributed by atoms with Gasteiger partial charge in [-0.05, 0) is 35.4 Å². The maximum Gasteiger partial charge on any atom is 0.410 e. The van der Waals surface area contributed by atoms with Crippen LogP contribution in [-0.2, 0) is 24.4 Å². The smallest absolute Gasteiger partial charge is 0.410 e. The molecule has 2 atom stereocenters. The van der Waals surface area contributed by atoms with E-state index in [9.17, 15) is 14.3 Å². The minimum absolute atomic E-state index is 0.146. The molecule has 0 radical (unpaired) electrons. The maximum absolute atomic E-state index is 14.6. The molecule has 1 saturated heterocycles. The number of amides is 1. The van der Waals surface area contributed by atoms with E-state index in [-0.39, 0.29) is 32.1 Å². The highest BCUT2D eigenvalue weighted by Gasteiger charge is 2.38. The van der Waals surface area contributed by atoms with Crippen molar-refractivity contribution in [3.8, 4) is 0 Å². The molecule has 3 aromatic carbocycles. The monoisotopic (exact) mass is 546 g/mol. The molecule has 34 heavy (non-hydrogen) atoms. The van der Waals surface area contributed by atoms with Gasteiger partial charge in [0.25, 0.3) is 0 Å². The summed E-state index contributed by atoms with van der Waals surface area (Å²) >= 11 is 9.46. The van der Waals surface area contributed by atoms with E-state index in [4.69, 9.17) is 16.3 Å². The third-order valence-electron chi connectivity index (χ3n) is 5.85. The number of halogens is 3. The van der Waals surface area contributed by atoms with E-state index >= 15 is 0 Å². The van der Waals surface area contributed by atoms with Crippen molar-refractivity contribution in [1.82, 2.24) is 9.80 Å². The number of aliphatic hydroxyl groups is 1. The van der Waals surface area contributed by atoms with Gasteiger partial charge < -0.3 is 14.7 Å². The molecule has 0 aromatic heterocycles. The van der Waals surface area contributed by atoms with Gasteiger partial charge in [-0.1, -0.05) is 76.1 Å². The summed E-state index contributed by atoms with van der Waals surface area (Å²) in [5, 5.41) is 11.5. The lowest BCUT2D eigenvalue weighted by Gasteiger charge is -2.31. The number of benzene rings is 3. The topological polar surface area (TPSA) is 53.0 Å². The molecule has 0 spiro atoms. The highest BCUT2D eigenvalue weighted by molar-refractivity contribution is 9.10. The summed E-state index contributed by atoms with van der Waals surface area (Å²) in [6.45, 7) is 1.28. The van der Waals surface area contributed by atoms with Crippen LogP contribution in [0, 0.1) is 5.82 Å². The van der Waals surface area contributed by atoms with Gasteiger partial charge in [0.15, 0.2) is 0 Å². The Morgan fingerprint density at radius 2 is 1.82 bits per heavy atom. The van der Waals surface area contributed by atoms with Crippen LogP contribution in [0.1, 0.15) is 16.7 Å². The van der Waals surface area contributed by atoms with Crippen LogP contribution in [0.3, 0.4) is 0 Å². The predicted octanol–water partition coefficient (Wildman–Crippen LogP) is 5.63. The van der Waals surface area contributed by atoms with Crippen molar-refractivity contribution < 1.29 is 19.0 Å². The highest BCUT2D eigenvalue weighted by atomic mass is 79.9. The molecule has 8 heteroatoms. The molecule has 0 saturated carbocycles. The summed E-state index contributed by atoms with van der Waals surface area (Å²) in [5.41, 5.74) is 2.32. The van der Waals surface area contributed by atoms with Gasteiger partial charge in [0.05, 0.1) is 18.7 Å². The molecule has 4 rings (SSSR count). The lowest BCUT2D eigenvalue weighted by atomic mass is 10.1. The number of likely N-dealkylation sites (tertiary alicyclic amines) is 1. The number of β-amino-alcohol motifs (C(OH)–C–C–N with tert-alkyl or cyclic N) is 1. The van der Waals surface area contributed by atoms with Crippen LogP contribution in [0.15, 0.2) is 77.3 Å². The van der Waals surface area contributed by atoms with E-state index < -0.39 is 18.2 Å². The SMILES string of the molecule is O=C(OCc1ccccc1)N1C[C@@H](O)[C@H](N(Cc2cccc(Cl)c2)Cc2ccc(Br)cc2F)C1. The zero-order valence-corrected chi connectivity index (χ0v) is 20.8. The van der Waals surface area contributed by atoms with Crippen LogP contribution in [0.2, 0.25) is 5.02 Å². The van der Waals surface area contributed by atoms with Crippen molar-refractivity contribution in [3.63, 3.8) is 0 Å². The van der Waals surface area contributed by atoms with Gasteiger partial charge in [0.2, 0.25) is 0 Å². The van der Waals surface area contributed by atoms with E-state index in [1.165, 1.54) is 11.0 Å². The van der Waals surface area contributed by atoms with Gasteiger partial charge >= 0.3 is 6.09 Å². The van der Waals surface area contributed by atoms with Crippen LogP contribution >= 0.6 is 27.5 Å². The Hall–Kier alpha value is -2.45. The van der Waals surface area contributed by atoms with E-state index in [0.29, 0.717) is 21.6 Å². The van der Waals surface area contributed by atoms with Crippen LogP contribution < -0.4 is 0 Å². The second-order valence-electron chi connectivity index (χ2n) is 8.35. The molecule has 178 valence electrons. The minimum Gasteiger partial charge on any atom is -0.445 e. The average Bonchev–Trinajstić information content (AvgIpc) is 3.21. The quantitative estimate of drug-likeness (QED) is 0.417. The third-order valence-corrected chi connectivity index (χ3v) is 6.58. The maximum atomic E-state index is 14.6. The lowest BCUT2D eigenvalue weighted by molar-refractivity contribution is 0.0721. The number of carbonyl (C=O) groups excluding carboxylic acids is 1. The number of hydrogen-bond donors (Lipinski definition) is 1. The number of rotatable bonds is 7. The molecule has 1 amide bonds. The first kappa shape index (κ1) is 24.7. The van der Waals surface area contributed by atoms with E-state index in [1.807, 2.05) is 53.4 Å². The third kappa shape index (κ3) is 6.36. The Morgan fingerprint density at radius 3 is 2.56 bits per heavy atom. The molecule has 1 heterocycles. The first-order valence-electron chi connectivity index (χ1n) is 10.9. The summed E-state index contributed by atoms with van der Waals surface area (Å²) in [7, 11) is 0. The Kier molecular flexibility index (Phi) is 8.21. The number of aliphatic hydroxyl groups excluding tert-OH is 1. The Bertz CT molecular complexity index is 1130. The van der Waals surface area contributed by atoms with Crippen LogP contribution in [0.25, 0.3) is 0 Å². The molecule has 1 aliphatic rings. The van der Waals surface area contributed by atoms with Crippen molar-refractivity contribution in [1.29, 1.82) is 0 Å². The molecular weight excluding hydrogens is 523 g/mol. The van der Waals surface area contributed by atoms with Gasteiger partial charge in [-0.25, -0.2) is 9.18 Å². The zero-order valence-electron chi connectivity index (χ0n) is 18.4. The predicted molar refractivity (Wildman–Crippen MR) is 133 cm³/mol. The summed E-state index contributed by atoms with van der Waals surface area (Å²) in [6, 6.07) is 21.4. The second kappa shape index (κ2) is 11.3. The molecule has 0 unspecified atom stereocenters. The molecule has 1 fully saturated rings. The first-order chi connectivity index (χ1) is 16.4. The van der Waals surface area contributed by atoms with Crippen LogP contribution in [-0.4, -0.2) is 46.2 Å². The van der Waals surface area contributed by atoms with Crippen LogP contribution in [0.5, 0.6) is 0 Å². The standard InChI is InChI=1S/C26H25BrClFN2O3/c27-21-10-9-20(23(29)12-21)14-30(13-19-7-4-8-22(28)11-19)24-15-31(16-25(24)32)26(33)34-17-18-5-2-1-3-6-18/h1-12,24-25,32H,13-17H2/t24-,25-/m1/s1. The lowest BCUT2D eigenvalue weighted by Crippen LogP contribution is -2.42. The largest absolute Gasteiger partial charge is 0.445 e. The van der Waals surface area contributed by atoms with Crippen molar-refractivity contribution in [3.05, 3.63) is 105 Å². The number of ether oxygens (including phenoxy) is 1. The summed E-state index contributed by atoms with van der Waals surface area (Å²) < 4.78 is 20.7. The minimum atomic E-state index is -0.804. The van der Waals surface area contributed by atoms with Crippen molar-refractivity contribution in [2.75, 3.05) is 13.1 Å². The van der Waals surface area contributed by atoms with Gasteiger partial charge in [-0.2, -0.15) is 0 Å². The van der Waals surface area contributed by atoms with Crippen LogP contribution in [0.4, 0.5) is 9.18 Å². The van der Waals surface area contributed by atoms with Gasteiger partial charge in [-0.15, -0.1) is 0 Å². The van der Waals surface area contributed by atoms with E-state index in [2.05, 4.69) is 15.9 Å². The van der Waals surface area contributed by atoms with Gasteiger partial charge in [-0.3, -0.25) is 4.90 Å². The second-order valence-corrected chi connectivity index (χ2v) is 9.70. The molecule has 0 aliphatic carbocycles. The summed E-state index contributed by atoms with van der Waals surface area (Å²) in [5.74, 6) is -0.336. The van der Waals surface area contributed by atoms with E-state index in [0.717, 1.165) is 11.1 Å². The van der Waals surface area contributed by atoms with Gasteiger partial charge in [0.1, 0.15) is 12.4 Å². The number of hydrogen-bond acceptors (Lipinski definition) is 4. The molecular formula is C26H25BrClFN2O3. The Labute approximate surface area is 211 Å². The van der Waals surface area contributed by atoms with Crippen molar-refractivity contribution >= 4 is 33.6 Å². The molecule has 0 bridgehead atoms. The first-order valence-corrected chi connectivity index (χ1v) is 12.1.